The van der Waals surface area contributed by atoms with Crippen LogP contribution in [0, 0.1) is 0 Å². The van der Waals surface area contributed by atoms with Crippen LogP contribution in [0.25, 0.3) is 0 Å². The van der Waals surface area contributed by atoms with E-state index in [0.717, 1.165) is 0 Å². The van der Waals surface area contributed by atoms with Crippen LogP contribution in [0.5, 0.6) is 0 Å². The average molecular weight is 231 g/mol. The van der Waals surface area contributed by atoms with E-state index in [0.29, 0.717) is 13.1 Å². The normalized spacial score (nSPS) is 20.2. The van der Waals surface area contributed by atoms with Gasteiger partial charge in [-0.3, -0.25) is 9.63 Å². The number of hydroxylamine groups is 1. The second kappa shape index (κ2) is 5.31. The fourth-order valence-corrected chi connectivity index (χ4v) is 1.28. The average Bonchev–Trinajstić information content (AvgIpc) is 2.21. The van der Waals surface area contributed by atoms with E-state index in [1.54, 1.807) is 6.92 Å². The molecule has 1 unspecified atom stereocenters. The fraction of sp³-hybridized carbons (Fsp3) is 0.625. The van der Waals surface area contributed by atoms with E-state index in [1.807, 2.05) is 5.48 Å². The lowest BCUT2D eigenvalue weighted by Crippen LogP contribution is -2.58. The molecule has 3 N–H and O–H groups in total. The number of aliphatic carboxylic acids is 1. The topological polar surface area (TPSA) is 108 Å². The van der Waals surface area contributed by atoms with E-state index in [4.69, 9.17) is 5.11 Å². The van der Waals surface area contributed by atoms with Crippen LogP contribution >= 0.6 is 0 Å². The molecule has 0 aromatic carbocycles. The third kappa shape index (κ3) is 3.09. The van der Waals surface area contributed by atoms with Crippen LogP contribution in [0.1, 0.15) is 6.92 Å². The summed E-state index contributed by atoms with van der Waals surface area (Å²) in [6.45, 7) is 1.68. The summed E-state index contributed by atoms with van der Waals surface area (Å²) in [5.74, 6) is -1.44. The van der Waals surface area contributed by atoms with Gasteiger partial charge in [-0.15, -0.1) is 0 Å². The molecule has 3 amide bonds. The number of carboxylic acid groups (broad SMARTS) is 1. The Morgan fingerprint density at radius 3 is 3.00 bits per heavy atom. The highest BCUT2D eigenvalue weighted by Crippen LogP contribution is 2.03. The molecule has 0 bridgehead atoms. The van der Waals surface area contributed by atoms with Crippen molar-refractivity contribution in [2.75, 3.05) is 19.7 Å². The Kier molecular flexibility index (Phi) is 4.06. The van der Waals surface area contributed by atoms with Crippen LogP contribution in [-0.2, 0) is 14.4 Å². The summed E-state index contributed by atoms with van der Waals surface area (Å²) in [5, 5.41) is 10.9. The van der Waals surface area contributed by atoms with Gasteiger partial charge in [0.1, 0.15) is 6.04 Å². The molecule has 8 heteroatoms. The highest BCUT2D eigenvalue weighted by atomic mass is 16.7. The van der Waals surface area contributed by atoms with E-state index in [-0.39, 0.29) is 5.91 Å². The number of hydrogen-bond donors (Lipinski definition) is 3. The van der Waals surface area contributed by atoms with Crippen LogP contribution in [-0.4, -0.2) is 53.7 Å². The Morgan fingerprint density at radius 1 is 1.69 bits per heavy atom. The van der Waals surface area contributed by atoms with Gasteiger partial charge in [0.2, 0.25) is 5.91 Å². The summed E-state index contributed by atoms with van der Waals surface area (Å²) in [6, 6.07) is -1.22. The van der Waals surface area contributed by atoms with Crippen LogP contribution in [0.4, 0.5) is 4.79 Å². The minimum absolute atomic E-state index is 0.250. The number of rotatable bonds is 3. The van der Waals surface area contributed by atoms with Gasteiger partial charge in [0.25, 0.3) is 0 Å². The zero-order valence-corrected chi connectivity index (χ0v) is 8.73. The minimum Gasteiger partial charge on any atom is -0.479 e. The quantitative estimate of drug-likeness (QED) is 0.514. The second-order valence-corrected chi connectivity index (χ2v) is 3.25. The largest absolute Gasteiger partial charge is 0.479 e. The first kappa shape index (κ1) is 12.2. The highest BCUT2D eigenvalue weighted by molar-refractivity contribution is 5.87. The number of carbonyl (C=O) groups is 3. The minimum atomic E-state index is -1.19. The Morgan fingerprint density at radius 2 is 2.38 bits per heavy atom. The van der Waals surface area contributed by atoms with Crippen LogP contribution in [0.3, 0.4) is 0 Å². The van der Waals surface area contributed by atoms with Gasteiger partial charge in [0, 0.05) is 13.1 Å². The number of amides is 3. The van der Waals surface area contributed by atoms with E-state index in [2.05, 4.69) is 10.2 Å². The summed E-state index contributed by atoms with van der Waals surface area (Å²) >= 11 is 0. The first-order valence-corrected chi connectivity index (χ1v) is 4.70. The zero-order chi connectivity index (χ0) is 12.1. The predicted molar refractivity (Wildman–Crippen MR) is 51.3 cm³/mol. The Balaban J connectivity index is 2.40. The van der Waals surface area contributed by atoms with Crippen LogP contribution in [0.15, 0.2) is 0 Å². The van der Waals surface area contributed by atoms with E-state index < -0.39 is 24.6 Å². The second-order valence-electron chi connectivity index (χ2n) is 3.25. The molecule has 1 atom stereocenters. The van der Waals surface area contributed by atoms with Gasteiger partial charge in [-0.1, -0.05) is 0 Å². The van der Waals surface area contributed by atoms with Gasteiger partial charge in [-0.2, -0.15) is 0 Å². The molecule has 0 aromatic heterocycles. The molecule has 0 aromatic rings. The molecule has 8 nitrogen and oxygen atoms in total. The van der Waals surface area contributed by atoms with Gasteiger partial charge >= 0.3 is 12.0 Å². The molecular formula is C8H13N3O5. The molecule has 0 radical (unpaired) electrons. The number of carboxylic acids is 1. The number of urea groups is 1. The molecule has 1 aliphatic rings. The maximum Gasteiger partial charge on any atom is 0.342 e. The number of carbonyl (C=O) groups excluding carboxylic acids is 2. The van der Waals surface area contributed by atoms with Crippen LogP contribution < -0.4 is 10.8 Å². The lowest BCUT2D eigenvalue weighted by molar-refractivity contribution is -0.144. The van der Waals surface area contributed by atoms with Gasteiger partial charge < -0.3 is 15.3 Å². The van der Waals surface area contributed by atoms with Gasteiger partial charge in [0.15, 0.2) is 6.61 Å². The summed E-state index contributed by atoms with van der Waals surface area (Å²) in [7, 11) is 0. The first-order chi connectivity index (χ1) is 7.52. The third-order valence-corrected chi connectivity index (χ3v) is 2.11. The Hall–Kier alpha value is -1.83. The van der Waals surface area contributed by atoms with Gasteiger partial charge in [-0.25, -0.2) is 15.1 Å². The molecule has 90 valence electrons. The van der Waals surface area contributed by atoms with Crippen molar-refractivity contribution >= 4 is 17.9 Å². The van der Waals surface area contributed by atoms with Crippen LogP contribution in [0.2, 0.25) is 0 Å². The number of piperazine rings is 1. The van der Waals surface area contributed by atoms with Crippen molar-refractivity contribution in [3.63, 3.8) is 0 Å². The van der Waals surface area contributed by atoms with Crippen molar-refractivity contribution in [1.29, 1.82) is 0 Å². The van der Waals surface area contributed by atoms with Gasteiger partial charge in [0.05, 0.1) is 0 Å². The summed E-state index contributed by atoms with van der Waals surface area (Å²) in [6.07, 6.45) is 0. The number of nitrogens with zero attached hydrogens (tertiary/aromatic N) is 1. The van der Waals surface area contributed by atoms with Crippen molar-refractivity contribution < 1.29 is 24.3 Å². The molecule has 1 heterocycles. The molecule has 1 saturated heterocycles. The lowest BCUT2D eigenvalue weighted by Gasteiger charge is -2.32. The number of hydrogen-bond acceptors (Lipinski definition) is 4. The van der Waals surface area contributed by atoms with E-state index >= 15 is 0 Å². The molecule has 0 spiro atoms. The van der Waals surface area contributed by atoms with Crippen molar-refractivity contribution in [2.24, 2.45) is 0 Å². The fourth-order valence-electron chi connectivity index (χ4n) is 1.28. The molecule has 16 heavy (non-hydrogen) atoms. The van der Waals surface area contributed by atoms with Crippen molar-refractivity contribution in [2.45, 2.75) is 13.0 Å². The summed E-state index contributed by atoms with van der Waals surface area (Å²) in [4.78, 5) is 38.5. The van der Waals surface area contributed by atoms with Crippen molar-refractivity contribution in [3.05, 3.63) is 0 Å². The van der Waals surface area contributed by atoms with E-state index in [1.165, 1.54) is 4.90 Å². The molecule has 1 aliphatic heterocycles. The Bertz CT molecular complexity index is 306. The molecule has 0 aliphatic carbocycles. The molecule has 1 rings (SSSR count). The Labute approximate surface area is 91.5 Å². The first-order valence-electron chi connectivity index (χ1n) is 4.70. The molecule has 1 fully saturated rings. The lowest BCUT2D eigenvalue weighted by atomic mass is 10.2. The summed E-state index contributed by atoms with van der Waals surface area (Å²) in [5.41, 5.74) is 1.96. The maximum atomic E-state index is 11.5. The predicted octanol–water partition coefficient (Wildman–Crippen LogP) is -1.47. The number of nitrogens with one attached hydrogen (secondary N) is 2. The van der Waals surface area contributed by atoms with Gasteiger partial charge in [-0.05, 0) is 6.92 Å². The smallest absolute Gasteiger partial charge is 0.342 e. The highest BCUT2D eigenvalue weighted by Gasteiger charge is 2.29. The maximum absolute atomic E-state index is 11.5. The SMILES string of the molecule is CC1C(=O)NCCN1C(=O)NOCC(=O)O. The third-order valence-electron chi connectivity index (χ3n) is 2.11. The van der Waals surface area contributed by atoms with Crippen molar-refractivity contribution in [3.8, 4) is 0 Å². The monoisotopic (exact) mass is 231 g/mol. The van der Waals surface area contributed by atoms with Crippen molar-refractivity contribution in [1.82, 2.24) is 15.7 Å². The van der Waals surface area contributed by atoms with E-state index in [9.17, 15) is 14.4 Å². The standard InChI is InChI=1S/C8H13N3O5/c1-5-7(14)9-2-3-11(5)8(15)10-16-4-6(12)13/h5H,2-4H2,1H3,(H,9,14)(H,10,15)(H,12,13). The molecule has 0 saturated carbocycles. The molecular weight excluding hydrogens is 218 g/mol. The zero-order valence-electron chi connectivity index (χ0n) is 8.73. The summed E-state index contributed by atoms with van der Waals surface area (Å²) < 4.78 is 0.